The highest BCUT2D eigenvalue weighted by Gasteiger charge is 2.46. The van der Waals surface area contributed by atoms with Crippen molar-refractivity contribution >= 4 is 11.8 Å². The second kappa shape index (κ2) is 4.99. The largest absolute Gasteiger partial charge is 0.522 e. The maximum atomic E-state index is 11.9. The van der Waals surface area contributed by atoms with E-state index in [0.717, 1.165) is 12.8 Å². The van der Waals surface area contributed by atoms with E-state index in [0.29, 0.717) is 0 Å². The Morgan fingerprint density at radius 1 is 1.37 bits per heavy atom. The molecule has 2 aliphatic rings. The normalized spacial score (nSPS) is 28.5. The monoisotopic (exact) mass is 280 g/mol. The molecule has 1 N–H and O–H groups in total. The third-order valence-electron chi connectivity index (χ3n) is 3.28. The molecule has 2 fully saturated rings. The third kappa shape index (κ3) is 3.37. The first-order valence-corrected chi connectivity index (χ1v) is 6.11. The minimum atomic E-state index is -4.72. The number of amides is 2. The maximum absolute atomic E-state index is 11.9. The number of hydrogen-bond donors (Lipinski definition) is 1. The molecule has 0 aromatic rings. The Morgan fingerprint density at radius 2 is 2.00 bits per heavy atom. The van der Waals surface area contributed by atoms with Gasteiger partial charge in [-0.15, -0.1) is 13.2 Å². The molecule has 0 aromatic heterocycles. The summed E-state index contributed by atoms with van der Waals surface area (Å²) < 4.78 is 39.4. The van der Waals surface area contributed by atoms with Crippen molar-refractivity contribution in [3.8, 4) is 0 Å². The SMILES string of the molecule is CC1NC(=O)C(C2CC2)N(CCOC(F)(F)F)C1=O. The van der Waals surface area contributed by atoms with E-state index < -0.39 is 25.1 Å². The molecule has 0 aromatic carbocycles. The number of nitrogens with one attached hydrogen (secondary N) is 1. The maximum Gasteiger partial charge on any atom is 0.522 e. The highest BCUT2D eigenvalue weighted by atomic mass is 19.4. The first-order valence-electron chi connectivity index (χ1n) is 6.11. The van der Waals surface area contributed by atoms with E-state index in [9.17, 15) is 22.8 Å². The molecule has 1 aliphatic heterocycles. The molecule has 0 radical (unpaired) electrons. The number of nitrogens with zero attached hydrogens (tertiary/aromatic N) is 1. The number of carbonyl (C=O) groups excluding carboxylic acids is 2. The average molecular weight is 280 g/mol. The van der Waals surface area contributed by atoms with Crippen molar-refractivity contribution in [2.24, 2.45) is 5.92 Å². The van der Waals surface area contributed by atoms with E-state index in [1.807, 2.05) is 0 Å². The zero-order chi connectivity index (χ0) is 14.2. The van der Waals surface area contributed by atoms with Crippen LogP contribution in [-0.2, 0) is 14.3 Å². The summed E-state index contributed by atoms with van der Waals surface area (Å²) in [6.07, 6.45) is -3.09. The quantitative estimate of drug-likeness (QED) is 0.822. The first-order chi connectivity index (χ1) is 8.79. The number of halogens is 3. The molecule has 1 saturated carbocycles. The van der Waals surface area contributed by atoms with E-state index in [1.165, 1.54) is 11.8 Å². The van der Waals surface area contributed by atoms with E-state index in [1.54, 1.807) is 0 Å². The highest BCUT2D eigenvalue weighted by molar-refractivity contribution is 5.97. The van der Waals surface area contributed by atoms with Gasteiger partial charge >= 0.3 is 6.36 Å². The van der Waals surface area contributed by atoms with Crippen LogP contribution in [0.1, 0.15) is 19.8 Å². The van der Waals surface area contributed by atoms with Crippen LogP contribution in [0.5, 0.6) is 0 Å². The fourth-order valence-electron chi connectivity index (χ4n) is 2.28. The molecule has 1 saturated heterocycles. The van der Waals surface area contributed by atoms with Crippen molar-refractivity contribution in [2.45, 2.75) is 38.2 Å². The summed E-state index contributed by atoms with van der Waals surface area (Å²) in [7, 11) is 0. The lowest BCUT2D eigenvalue weighted by Gasteiger charge is -2.38. The molecule has 108 valence electrons. The summed E-state index contributed by atoms with van der Waals surface area (Å²) in [6, 6.07) is -1.35. The zero-order valence-electron chi connectivity index (χ0n) is 10.4. The lowest BCUT2D eigenvalue weighted by Crippen LogP contribution is -2.63. The predicted molar refractivity (Wildman–Crippen MR) is 57.8 cm³/mol. The number of ether oxygens (including phenoxy) is 1. The Hall–Kier alpha value is -1.31. The fourth-order valence-corrected chi connectivity index (χ4v) is 2.28. The summed E-state index contributed by atoms with van der Waals surface area (Å²) >= 11 is 0. The number of piperazine rings is 1. The van der Waals surface area contributed by atoms with Gasteiger partial charge in [0.05, 0.1) is 6.61 Å². The second-order valence-corrected chi connectivity index (χ2v) is 4.84. The molecule has 1 heterocycles. The van der Waals surface area contributed by atoms with Crippen LogP contribution in [0, 0.1) is 5.92 Å². The van der Waals surface area contributed by atoms with Gasteiger partial charge in [0.2, 0.25) is 11.8 Å². The van der Waals surface area contributed by atoms with Gasteiger partial charge in [-0.05, 0) is 25.7 Å². The van der Waals surface area contributed by atoms with E-state index in [4.69, 9.17) is 0 Å². The van der Waals surface area contributed by atoms with E-state index >= 15 is 0 Å². The van der Waals surface area contributed by atoms with Gasteiger partial charge in [0.1, 0.15) is 12.1 Å². The van der Waals surface area contributed by atoms with Gasteiger partial charge in [0.15, 0.2) is 0 Å². The fraction of sp³-hybridized carbons (Fsp3) is 0.818. The van der Waals surface area contributed by atoms with Gasteiger partial charge in [-0.3, -0.25) is 14.3 Å². The Bertz CT molecular complexity index is 382. The van der Waals surface area contributed by atoms with Crippen molar-refractivity contribution in [3.63, 3.8) is 0 Å². The minimum Gasteiger partial charge on any atom is -0.343 e. The average Bonchev–Trinajstić information content (AvgIpc) is 3.07. The van der Waals surface area contributed by atoms with Crippen LogP contribution in [0.25, 0.3) is 0 Å². The van der Waals surface area contributed by atoms with Gasteiger partial charge in [-0.1, -0.05) is 0 Å². The summed E-state index contributed by atoms with van der Waals surface area (Å²) in [5.41, 5.74) is 0. The van der Waals surface area contributed by atoms with Gasteiger partial charge < -0.3 is 10.2 Å². The Labute approximate surface area is 108 Å². The lowest BCUT2D eigenvalue weighted by molar-refractivity contribution is -0.325. The number of hydrogen-bond acceptors (Lipinski definition) is 3. The van der Waals surface area contributed by atoms with Crippen LogP contribution in [0.2, 0.25) is 0 Å². The van der Waals surface area contributed by atoms with Crippen LogP contribution in [0.15, 0.2) is 0 Å². The van der Waals surface area contributed by atoms with Crippen LogP contribution < -0.4 is 5.32 Å². The molecule has 2 amide bonds. The number of rotatable bonds is 4. The molecule has 8 heteroatoms. The lowest BCUT2D eigenvalue weighted by atomic mass is 10.0. The van der Waals surface area contributed by atoms with Crippen LogP contribution in [-0.4, -0.2) is 48.3 Å². The van der Waals surface area contributed by atoms with Gasteiger partial charge in [-0.2, -0.15) is 0 Å². The van der Waals surface area contributed by atoms with Crippen LogP contribution >= 0.6 is 0 Å². The molecule has 0 spiro atoms. The Balaban J connectivity index is 2.00. The highest BCUT2D eigenvalue weighted by Crippen LogP contribution is 2.37. The smallest absolute Gasteiger partial charge is 0.343 e. The first kappa shape index (κ1) is 14.1. The topological polar surface area (TPSA) is 58.6 Å². The summed E-state index contributed by atoms with van der Waals surface area (Å²) in [6.45, 7) is 0.636. The predicted octanol–water partition coefficient (Wildman–Crippen LogP) is 0.648. The van der Waals surface area contributed by atoms with Crippen molar-refractivity contribution in [1.82, 2.24) is 10.2 Å². The third-order valence-corrected chi connectivity index (χ3v) is 3.28. The van der Waals surface area contributed by atoms with E-state index in [2.05, 4.69) is 10.1 Å². The molecule has 2 atom stereocenters. The molecular weight excluding hydrogens is 265 g/mol. The van der Waals surface area contributed by atoms with E-state index in [-0.39, 0.29) is 24.3 Å². The molecular formula is C11H15F3N2O3. The van der Waals surface area contributed by atoms with Crippen molar-refractivity contribution in [1.29, 1.82) is 0 Å². The molecule has 5 nitrogen and oxygen atoms in total. The van der Waals surface area contributed by atoms with Gasteiger partial charge in [-0.25, -0.2) is 0 Å². The van der Waals surface area contributed by atoms with Gasteiger partial charge in [0, 0.05) is 6.54 Å². The number of carbonyl (C=O) groups is 2. The van der Waals surface area contributed by atoms with Crippen LogP contribution in [0.4, 0.5) is 13.2 Å². The Kier molecular flexibility index (Phi) is 3.71. The summed E-state index contributed by atoms with van der Waals surface area (Å²) in [4.78, 5) is 25.0. The molecule has 19 heavy (non-hydrogen) atoms. The summed E-state index contributed by atoms with van der Waals surface area (Å²) in [5.74, 6) is -0.591. The standard InChI is InChI=1S/C11H15F3N2O3/c1-6-10(18)16(4-5-19-11(12,13)14)8(7-2-3-7)9(17)15-6/h6-8H,2-5H2,1H3,(H,15,17). The number of alkyl halides is 3. The molecule has 1 aliphatic carbocycles. The van der Waals surface area contributed by atoms with Gasteiger partial charge in [0.25, 0.3) is 0 Å². The van der Waals surface area contributed by atoms with Crippen molar-refractivity contribution in [2.75, 3.05) is 13.2 Å². The zero-order valence-corrected chi connectivity index (χ0v) is 10.4. The minimum absolute atomic E-state index is 0.0577. The summed E-state index contributed by atoms with van der Waals surface area (Å²) in [5, 5.41) is 2.54. The molecule has 2 unspecified atom stereocenters. The van der Waals surface area contributed by atoms with Crippen molar-refractivity contribution < 1.29 is 27.5 Å². The van der Waals surface area contributed by atoms with Crippen LogP contribution in [0.3, 0.4) is 0 Å². The van der Waals surface area contributed by atoms with Crippen molar-refractivity contribution in [3.05, 3.63) is 0 Å². The molecule has 0 bridgehead atoms. The molecule has 2 rings (SSSR count). The second-order valence-electron chi connectivity index (χ2n) is 4.84. The Morgan fingerprint density at radius 3 is 2.53 bits per heavy atom.